The van der Waals surface area contributed by atoms with Gasteiger partial charge in [0.2, 0.25) is 0 Å². The molecule has 0 heterocycles. The van der Waals surface area contributed by atoms with E-state index in [9.17, 15) is 4.79 Å². The van der Waals surface area contributed by atoms with E-state index in [-0.39, 0.29) is 0 Å². The van der Waals surface area contributed by atoms with Gasteiger partial charge >= 0.3 is 5.97 Å². The number of nitrogens with zero attached hydrogens (tertiary/aromatic N) is 1. The van der Waals surface area contributed by atoms with Crippen molar-refractivity contribution in [1.82, 2.24) is 4.90 Å². The van der Waals surface area contributed by atoms with Crippen LogP contribution in [-0.2, 0) is 0 Å². The fourth-order valence-electron chi connectivity index (χ4n) is 1.82. The summed E-state index contributed by atoms with van der Waals surface area (Å²) in [6, 6.07) is 5.73. The predicted octanol–water partition coefficient (Wildman–Crippen LogP) is 3.68. The molecule has 2 N–H and O–H groups in total. The Labute approximate surface area is 129 Å². The van der Waals surface area contributed by atoms with Crippen LogP contribution >= 0.6 is 15.9 Å². The summed E-state index contributed by atoms with van der Waals surface area (Å²) in [5.74, 6) is -0.903. The molecule has 20 heavy (non-hydrogen) atoms. The molecule has 0 unspecified atom stereocenters. The van der Waals surface area contributed by atoms with Crippen LogP contribution in [0.4, 0.5) is 5.69 Å². The monoisotopic (exact) mass is 342 g/mol. The number of carboxylic acid groups (broad SMARTS) is 1. The second kappa shape index (κ2) is 8.27. The molecule has 1 aromatic rings. The highest BCUT2D eigenvalue weighted by Gasteiger charge is 2.09. The second-order valence-corrected chi connectivity index (χ2v) is 6.12. The van der Waals surface area contributed by atoms with Crippen molar-refractivity contribution in [2.45, 2.75) is 32.7 Å². The molecule has 4 nitrogen and oxygen atoms in total. The smallest absolute Gasteiger partial charge is 0.337 e. The molecular formula is C15H23BrN2O2. The highest BCUT2D eigenvalue weighted by molar-refractivity contribution is 9.10. The van der Waals surface area contributed by atoms with Gasteiger partial charge in [-0.3, -0.25) is 0 Å². The Morgan fingerprint density at radius 1 is 1.40 bits per heavy atom. The van der Waals surface area contributed by atoms with Gasteiger partial charge in [0, 0.05) is 22.7 Å². The minimum absolute atomic E-state index is 0.312. The Morgan fingerprint density at radius 2 is 2.10 bits per heavy atom. The fourth-order valence-corrected chi connectivity index (χ4v) is 2.18. The second-order valence-electron chi connectivity index (χ2n) is 5.20. The molecule has 0 fully saturated rings. The number of hydrogen-bond donors (Lipinski definition) is 2. The molecule has 1 aromatic carbocycles. The zero-order valence-corrected chi connectivity index (χ0v) is 13.9. The van der Waals surface area contributed by atoms with Crippen LogP contribution in [0.25, 0.3) is 0 Å². The summed E-state index contributed by atoms with van der Waals surface area (Å²) in [5.41, 5.74) is 0.983. The molecule has 0 spiro atoms. The van der Waals surface area contributed by atoms with E-state index in [1.54, 1.807) is 12.1 Å². The van der Waals surface area contributed by atoms with E-state index >= 15 is 0 Å². The molecule has 1 rings (SSSR count). The number of carboxylic acids is 1. The lowest BCUT2D eigenvalue weighted by Crippen LogP contribution is -2.27. The maximum Gasteiger partial charge on any atom is 0.337 e. The number of hydrogen-bond acceptors (Lipinski definition) is 3. The van der Waals surface area contributed by atoms with E-state index in [0.717, 1.165) is 30.4 Å². The molecule has 0 saturated heterocycles. The molecule has 0 saturated carbocycles. The Bertz CT molecular complexity index is 449. The van der Waals surface area contributed by atoms with Crippen LogP contribution < -0.4 is 5.32 Å². The number of aromatic carboxylic acids is 1. The SMILES string of the molecule is CC(C)N(C)CCCCNc1cc(Br)ccc1C(=O)O. The van der Waals surface area contributed by atoms with Crippen LogP contribution in [0.2, 0.25) is 0 Å². The summed E-state index contributed by atoms with van der Waals surface area (Å²) >= 11 is 3.36. The quantitative estimate of drug-likeness (QED) is 0.707. The Kier molecular flexibility index (Phi) is 7.02. The molecule has 0 aliphatic heterocycles. The number of halogens is 1. The maximum absolute atomic E-state index is 11.1. The first-order chi connectivity index (χ1) is 9.41. The molecule has 0 bridgehead atoms. The highest BCUT2D eigenvalue weighted by Crippen LogP contribution is 2.21. The molecule has 0 atom stereocenters. The van der Waals surface area contributed by atoms with Crippen molar-refractivity contribution < 1.29 is 9.90 Å². The number of benzene rings is 1. The lowest BCUT2D eigenvalue weighted by atomic mass is 10.1. The van der Waals surface area contributed by atoms with Crippen molar-refractivity contribution in [3.8, 4) is 0 Å². The lowest BCUT2D eigenvalue weighted by molar-refractivity contribution is 0.0698. The van der Waals surface area contributed by atoms with E-state index in [1.807, 2.05) is 6.07 Å². The van der Waals surface area contributed by atoms with Crippen LogP contribution in [0.3, 0.4) is 0 Å². The van der Waals surface area contributed by atoms with Gasteiger partial charge in [0.15, 0.2) is 0 Å². The first kappa shape index (κ1) is 17.0. The van der Waals surface area contributed by atoms with Crippen LogP contribution in [-0.4, -0.2) is 42.2 Å². The molecule has 0 radical (unpaired) electrons. The average Bonchev–Trinajstić information content (AvgIpc) is 2.37. The molecule has 112 valence electrons. The Hall–Kier alpha value is -1.07. The largest absolute Gasteiger partial charge is 0.478 e. The van der Waals surface area contributed by atoms with Gasteiger partial charge in [-0.25, -0.2) is 4.79 Å². The van der Waals surface area contributed by atoms with Crippen molar-refractivity contribution >= 4 is 27.6 Å². The van der Waals surface area contributed by atoms with Gasteiger partial charge in [-0.1, -0.05) is 15.9 Å². The van der Waals surface area contributed by atoms with Crippen molar-refractivity contribution in [2.24, 2.45) is 0 Å². The van der Waals surface area contributed by atoms with Gasteiger partial charge in [-0.05, 0) is 58.5 Å². The number of carbonyl (C=O) groups is 1. The molecule has 5 heteroatoms. The maximum atomic E-state index is 11.1. The van der Waals surface area contributed by atoms with Gasteiger partial charge in [-0.2, -0.15) is 0 Å². The minimum Gasteiger partial charge on any atom is -0.478 e. The van der Waals surface area contributed by atoms with Gasteiger partial charge in [-0.15, -0.1) is 0 Å². The third-order valence-corrected chi connectivity index (χ3v) is 3.84. The standard InChI is InChI=1S/C15H23BrN2O2/c1-11(2)18(3)9-5-4-8-17-14-10-12(16)6-7-13(14)15(19)20/h6-7,10-11,17H,4-5,8-9H2,1-3H3,(H,19,20). The zero-order valence-electron chi connectivity index (χ0n) is 12.3. The summed E-state index contributed by atoms with van der Waals surface area (Å²) in [6.45, 7) is 6.20. The number of unbranched alkanes of at least 4 members (excludes halogenated alkanes) is 1. The zero-order chi connectivity index (χ0) is 15.1. The lowest BCUT2D eigenvalue weighted by Gasteiger charge is -2.20. The summed E-state index contributed by atoms with van der Waals surface area (Å²) in [5, 5.41) is 12.3. The third kappa shape index (κ3) is 5.51. The average molecular weight is 343 g/mol. The summed E-state index contributed by atoms with van der Waals surface area (Å²) in [6.07, 6.45) is 2.11. The van der Waals surface area contributed by atoms with Crippen LogP contribution in [0.1, 0.15) is 37.0 Å². The summed E-state index contributed by atoms with van der Waals surface area (Å²) in [7, 11) is 2.12. The molecule has 0 aliphatic rings. The van der Waals surface area contributed by atoms with Crippen molar-refractivity contribution in [1.29, 1.82) is 0 Å². The van der Waals surface area contributed by atoms with E-state index < -0.39 is 5.97 Å². The van der Waals surface area contributed by atoms with Crippen molar-refractivity contribution in [3.63, 3.8) is 0 Å². The molecule has 0 amide bonds. The van der Waals surface area contributed by atoms with E-state index in [0.29, 0.717) is 17.3 Å². The van der Waals surface area contributed by atoms with E-state index in [1.165, 1.54) is 0 Å². The topological polar surface area (TPSA) is 52.6 Å². The van der Waals surface area contributed by atoms with Gasteiger partial charge in [0.25, 0.3) is 0 Å². The number of rotatable bonds is 8. The number of anilines is 1. The van der Waals surface area contributed by atoms with Crippen molar-refractivity contribution in [3.05, 3.63) is 28.2 Å². The van der Waals surface area contributed by atoms with Crippen LogP contribution in [0.15, 0.2) is 22.7 Å². The van der Waals surface area contributed by atoms with Gasteiger partial charge < -0.3 is 15.3 Å². The number of nitrogens with one attached hydrogen (secondary N) is 1. The highest BCUT2D eigenvalue weighted by atomic mass is 79.9. The summed E-state index contributed by atoms with van der Waals surface area (Å²) < 4.78 is 0.879. The first-order valence-corrected chi connectivity index (χ1v) is 7.68. The molecule has 0 aromatic heterocycles. The third-order valence-electron chi connectivity index (χ3n) is 3.35. The van der Waals surface area contributed by atoms with Gasteiger partial charge in [0.05, 0.1) is 5.56 Å². The Balaban J connectivity index is 2.42. The fraction of sp³-hybridized carbons (Fsp3) is 0.533. The van der Waals surface area contributed by atoms with E-state index in [4.69, 9.17) is 5.11 Å². The molecular weight excluding hydrogens is 320 g/mol. The normalized spacial score (nSPS) is 11.1. The van der Waals surface area contributed by atoms with Gasteiger partial charge in [0.1, 0.15) is 0 Å². The summed E-state index contributed by atoms with van der Waals surface area (Å²) in [4.78, 5) is 13.4. The Morgan fingerprint density at radius 3 is 2.70 bits per heavy atom. The first-order valence-electron chi connectivity index (χ1n) is 6.88. The molecule has 0 aliphatic carbocycles. The van der Waals surface area contributed by atoms with Crippen LogP contribution in [0.5, 0.6) is 0 Å². The van der Waals surface area contributed by atoms with Crippen LogP contribution in [0, 0.1) is 0 Å². The van der Waals surface area contributed by atoms with E-state index in [2.05, 4.69) is 47.0 Å². The van der Waals surface area contributed by atoms with Crippen molar-refractivity contribution in [2.75, 3.05) is 25.5 Å². The predicted molar refractivity (Wildman–Crippen MR) is 86.6 cm³/mol. The minimum atomic E-state index is -0.903.